The Labute approximate surface area is 121 Å². The highest BCUT2D eigenvalue weighted by Gasteiger charge is 2.19. The summed E-state index contributed by atoms with van der Waals surface area (Å²) in [6, 6.07) is 6.36. The van der Waals surface area contributed by atoms with E-state index < -0.39 is 0 Å². The topological polar surface area (TPSA) is 55.1 Å². The summed E-state index contributed by atoms with van der Waals surface area (Å²) in [6.07, 6.45) is 6.61. The van der Waals surface area contributed by atoms with Gasteiger partial charge in [0.1, 0.15) is 0 Å². The van der Waals surface area contributed by atoms with E-state index in [2.05, 4.69) is 12.2 Å². The zero-order chi connectivity index (χ0) is 14.5. The van der Waals surface area contributed by atoms with Crippen molar-refractivity contribution in [1.82, 2.24) is 5.32 Å². The lowest BCUT2D eigenvalue weighted by Crippen LogP contribution is -2.32. The Bertz CT molecular complexity index is 462. The molecular weight excluding hydrogens is 248 g/mol. The normalized spacial score (nSPS) is 22.7. The molecular formula is C17H26N2O. The number of aryl methyl sites for hydroxylation is 1. The summed E-state index contributed by atoms with van der Waals surface area (Å²) in [5.41, 5.74) is 8.28. The average molecular weight is 274 g/mol. The lowest BCUT2D eigenvalue weighted by Gasteiger charge is -2.28. The van der Waals surface area contributed by atoms with Crippen molar-refractivity contribution in [2.75, 3.05) is 0 Å². The molecule has 0 aromatic heterocycles. The third-order valence-electron chi connectivity index (χ3n) is 4.63. The van der Waals surface area contributed by atoms with Gasteiger partial charge in [0.2, 0.25) is 5.91 Å². The minimum Gasteiger partial charge on any atom is -0.366 e. The maximum atomic E-state index is 11.1. The van der Waals surface area contributed by atoms with Crippen molar-refractivity contribution in [3.8, 4) is 0 Å². The van der Waals surface area contributed by atoms with Gasteiger partial charge in [0.25, 0.3) is 0 Å². The van der Waals surface area contributed by atoms with E-state index in [0.29, 0.717) is 11.6 Å². The molecule has 1 saturated carbocycles. The predicted octanol–water partition coefficient (Wildman–Crippen LogP) is 3.15. The van der Waals surface area contributed by atoms with E-state index in [1.165, 1.54) is 37.7 Å². The third-order valence-corrected chi connectivity index (χ3v) is 4.63. The van der Waals surface area contributed by atoms with Crippen LogP contribution in [0, 0.1) is 12.8 Å². The maximum Gasteiger partial charge on any atom is 0.248 e. The fourth-order valence-corrected chi connectivity index (χ4v) is 3.08. The second kappa shape index (κ2) is 6.89. The Morgan fingerprint density at radius 2 is 2.00 bits per heavy atom. The first-order valence-electron chi connectivity index (χ1n) is 7.72. The molecule has 0 saturated heterocycles. The summed E-state index contributed by atoms with van der Waals surface area (Å²) in [7, 11) is 0. The average Bonchev–Trinajstić information content (AvgIpc) is 2.46. The van der Waals surface area contributed by atoms with Gasteiger partial charge >= 0.3 is 0 Å². The molecule has 110 valence electrons. The molecule has 0 bridgehead atoms. The van der Waals surface area contributed by atoms with Crippen LogP contribution < -0.4 is 11.1 Å². The Hall–Kier alpha value is -1.35. The van der Waals surface area contributed by atoms with Gasteiger partial charge in [-0.25, -0.2) is 0 Å². The molecule has 0 unspecified atom stereocenters. The minimum atomic E-state index is -0.356. The zero-order valence-electron chi connectivity index (χ0n) is 12.6. The molecule has 2 rings (SSSR count). The number of hydrogen-bond acceptors (Lipinski definition) is 2. The first kappa shape index (κ1) is 15.0. The second-order valence-corrected chi connectivity index (χ2v) is 6.01. The van der Waals surface area contributed by atoms with E-state index in [4.69, 9.17) is 5.73 Å². The number of carbonyl (C=O) groups is 1. The molecule has 3 heteroatoms. The summed E-state index contributed by atoms with van der Waals surface area (Å²) in [4.78, 5) is 11.1. The fraction of sp³-hybridized carbons (Fsp3) is 0.588. The number of amides is 1. The third kappa shape index (κ3) is 3.83. The van der Waals surface area contributed by atoms with E-state index in [-0.39, 0.29) is 5.91 Å². The van der Waals surface area contributed by atoms with Crippen LogP contribution in [0.3, 0.4) is 0 Å². The lowest BCUT2D eigenvalue weighted by molar-refractivity contribution is 0.1000. The van der Waals surface area contributed by atoms with Gasteiger partial charge in [0.15, 0.2) is 0 Å². The largest absolute Gasteiger partial charge is 0.366 e. The van der Waals surface area contributed by atoms with Crippen LogP contribution in [0.1, 0.15) is 60.5 Å². The van der Waals surface area contributed by atoms with Crippen LogP contribution in [0.15, 0.2) is 18.2 Å². The van der Waals surface area contributed by atoms with Crippen molar-refractivity contribution in [1.29, 1.82) is 0 Å². The van der Waals surface area contributed by atoms with E-state index >= 15 is 0 Å². The number of primary amides is 1. The SMILES string of the molecule is CCC1CCC(NCc2ccc(C(N)=O)cc2C)CC1. The van der Waals surface area contributed by atoms with Gasteiger partial charge in [-0.2, -0.15) is 0 Å². The van der Waals surface area contributed by atoms with Gasteiger partial charge < -0.3 is 11.1 Å². The first-order valence-corrected chi connectivity index (χ1v) is 7.72. The first-order chi connectivity index (χ1) is 9.60. The molecule has 0 radical (unpaired) electrons. The number of nitrogens with two attached hydrogens (primary N) is 1. The van der Waals surface area contributed by atoms with Gasteiger partial charge in [0, 0.05) is 18.2 Å². The van der Waals surface area contributed by atoms with E-state index in [9.17, 15) is 4.79 Å². The molecule has 20 heavy (non-hydrogen) atoms. The Balaban J connectivity index is 1.87. The number of carbonyl (C=O) groups excluding carboxylic acids is 1. The Morgan fingerprint density at radius 1 is 1.30 bits per heavy atom. The Morgan fingerprint density at radius 3 is 2.55 bits per heavy atom. The van der Waals surface area contributed by atoms with Crippen molar-refractivity contribution in [3.05, 3.63) is 34.9 Å². The Kier molecular flexibility index (Phi) is 5.18. The van der Waals surface area contributed by atoms with Crippen molar-refractivity contribution in [2.45, 2.75) is 58.5 Å². The monoisotopic (exact) mass is 274 g/mol. The summed E-state index contributed by atoms with van der Waals surface area (Å²) in [6.45, 7) is 5.21. The molecule has 3 nitrogen and oxygen atoms in total. The molecule has 1 aliphatic rings. The molecule has 1 aliphatic carbocycles. The smallest absolute Gasteiger partial charge is 0.248 e. The summed E-state index contributed by atoms with van der Waals surface area (Å²) >= 11 is 0. The van der Waals surface area contributed by atoms with Crippen LogP contribution in [-0.4, -0.2) is 11.9 Å². The van der Waals surface area contributed by atoms with Crippen LogP contribution in [-0.2, 0) is 6.54 Å². The molecule has 0 aliphatic heterocycles. The molecule has 1 amide bonds. The summed E-state index contributed by atoms with van der Waals surface area (Å²) < 4.78 is 0. The number of benzene rings is 1. The van der Waals surface area contributed by atoms with Crippen LogP contribution in [0.2, 0.25) is 0 Å². The number of nitrogens with one attached hydrogen (secondary N) is 1. The lowest BCUT2D eigenvalue weighted by atomic mass is 9.84. The van der Waals surface area contributed by atoms with Crippen molar-refractivity contribution in [3.63, 3.8) is 0 Å². The molecule has 0 spiro atoms. The van der Waals surface area contributed by atoms with E-state index in [0.717, 1.165) is 18.0 Å². The predicted molar refractivity (Wildman–Crippen MR) is 82.6 cm³/mol. The van der Waals surface area contributed by atoms with Crippen LogP contribution in [0.25, 0.3) is 0 Å². The minimum absolute atomic E-state index is 0.356. The van der Waals surface area contributed by atoms with Crippen LogP contribution in [0.4, 0.5) is 0 Å². The quantitative estimate of drug-likeness (QED) is 0.866. The van der Waals surface area contributed by atoms with Gasteiger partial charge in [-0.3, -0.25) is 4.79 Å². The zero-order valence-corrected chi connectivity index (χ0v) is 12.6. The van der Waals surface area contributed by atoms with Crippen molar-refractivity contribution in [2.24, 2.45) is 11.7 Å². The highest BCUT2D eigenvalue weighted by molar-refractivity contribution is 5.93. The highest BCUT2D eigenvalue weighted by Crippen LogP contribution is 2.26. The fourth-order valence-electron chi connectivity index (χ4n) is 3.08. The molecule has 0 heterocycles. The second-order valence-electron chi connectivity index (χ2n) is 6.01. The molecule has 1 aromatic carbocycles. The van der Waals surface area contributed by atoms with E-state index in [1.807, 2.05) is 25.1 Å². The van der Waals surface area contributed by atoms with E-state index in [1.54, 1.807) is 0 Å². The molecule has 3 N–H and O–H groups in total. The molecule has 1 aromatic rings. The highest BCUT2D eigenvalue weighted by atomic mass is 16.1. The summed E-state index contributed by atoms with van der Waals surface area (Å²) in [5, 5.41) is 3.66. The van der Waals surface area contributed by atoms with Gasteiger partial charge in [-0.05, 0) is 61.8 Å². The maximum absolute atomic E-state index is 11.1. The van der Waals surface area contributed by atoms with Crippen molar-refractivity contribution >= 4 is 5.91 Å². The van der Waals surface area contributed by atoms with Gasteiger partial charge in [0.05, 0.1) is 0 Å². The van der Waals surface area contributed by atoms with Gasteiger partial charge in [-0.1, -0.05) is 19.4 Å². The standard InChI is InChI=1S/C17H26N2O/c1-3-13-4-8-16(9-5-13)19-11-15-7-6-14(17(18)20)10-12(15)2/h6-7,10,13,16,19H,3-5,8-9,11H2,1-2H3,(H2,18,20). The van der Waals surface area contributed by atoms with Gasteiger partial charge in [-0.15, -0.1) is 0 Å². The van der Waals surface area contributed by atoms with Crippen LogP contribution >= 0.6 is 0 Å². The van der Waals surface area contributed by atoms with Crippen molar-refractivity contribution < 1.29 is 4.79 Å². The number of hydrogen-bond donors (Lipinski definition) is 2. The summed E-state index contributed by atoms with van der Waals surface area (Å²) in [5.74, 6) is 0.579. The van der Waals surface area contributed by atoms with Crippen LogP contribution in [0.5, 0.6) is 0 Å². The molecule has 0 atom stereocenters. The molecule has 1 fully saturated rings. The number of rotatable bonds is 5.